The number of rotatable bonds is 6. The zero-order chi connectivity index (χ0) is 12.7. The van der Waals surface area contributed by atoms with Gasteiger partial charge in [-0.3, -0.25) is 0 Å². The van der Waals surface area contributed by atoms with Crippen LogP contribution in [0.4, 0.5) is 5.69 Å². The van der Waals surface area contributed by atoms with E-state index in [1.165, 1.54) is 5.56 Å². The second-order valence-electron chi connectivity index (χ2n) is 4.16. The van der Waals surface area contributed by atoms with Crippen molar-refractivity contribution in [3.63, 3.8) is 0 Å². The molecule has 0 aromatic heterocycles. The molecule has 0 amide bonds. The third kappa shape index (κ3) is 5.61. The molecular formula is C15H20N2. The summed E-state index contributed by atoms with van der Waals surface area (Å²) in [5.41, 5.74) is 14.8. The van der Waals surface area contributed by atoms with Crippen LogP contribution in [0.3, 0.4) is 0 Å². The SMILES string of the molecule is C=C(N)/C=C\C(=C)CCCc1ccc(N)cc1. The molecule has 4 N–H and O–H groups in total. The van der Waals surface area contributed by atoms with Gasteiger partial charge in [-0.05, 0) is 43.0 Å². The summed E-state index contributed by atoms with van der Waals surface area (Å²) < 4.78 is 0. The molecule has 0 aliphatic rings. The van der Waals surface area contributed by atoms with Crippen LogP contribution in [-0.2, 0) is 6.42 Å². The van der Waals surface area contributed by atoms with E-state index in [2.05, 4.69) is 25.3 Å². The Balaban J connectivity index is 2.30. The first kappa shape index (κ1) is 13.1. The Labute approximate surface area is 103 Å². The van der Waals surface area contributed by atoms with Crippen LogP contribution in [-0.4, -0.2) is 0 Å². The van der Waals surface area contributed by atoms with E-state index in [4.69, 9.17) is 11.5 Å². The van der Waals surface area contributed by atoms with Gasteiger partial charge in [-0.15, -0.1) is 0 Å². The number of nitrogens with two attached hydrogens (primary N) is 2. The van der Waals surface area contributed by atoms with Gasteiger partial charge in [0.05, 0.1) is 0 Å². The van der Waals surface area contributed by atoms with Crippen LogP contribution >= 0.6 is 0 Å². The van der Waals surface area contributed by atoms with Crippen molar-refractivity contribution in [2.24, 2.45) is 5.73 Å². The fraction of sp³-hybridized carbons (Fsp3) is 0.200. The number of anilines is 1. The van der Waals surface area contributed by atoms with Gasteiger partial charge in [0.1, 0.15) is 0 Å². The quantitative estimate of drug-likeness (QED) is 0.580. The summed E-state index contributed by atoms with van der Waals surface area (Å²) in [6, 6.07) is 8.00. The van der Waals surface area contributed by atoms with Crippen LogP contribution in [0.1, 0.15) is 18.4 Å². The van der Waals surface area contributed by atoms with Crippen molar-refractivity contribution in [1.82, 2.24) is 0 Å². The van der Waals surface area contributed by atoms with E-state index >= 15 is 0 Å². The molecule has 1 aromatic rings. The van der Waals surface area contributed by atoms with Crippen molar-refractivity contribution in [3.8, 4) is 0 Å². The first-order valence-corrected chi connectivity index (χ1v) is 5.72. The molecule has 90 valence electrons. The number of hydrogen-bond donors (Lipinski definition) is 2. The van der Waals surface area contributed by atoms with Gasteiger partial charge in [-0.25, -0.2) is 0 Å². The normalized spacial score (nSPS) is 10.6. The molecule has 1 aromatic carbocycles. The molecule has 0 fully saturated rings. The molecule has 0 heterocycles. The standard InChI is InChI=1S/C15H20N2/c1-12(6-7-13(2)16)4-3-5-14-8-10-15(17)11-9-14/h6-11H,1-5,16-17H2/b7-6-. The number of aryl methyl sites for hydroxylation is 1. The number of nitrogen functional groups attached to an aromatic ring is 1. The van der Waals surface area contributed by atoms with Gasteiger partial charge in [-0.2, -0.15) is 0 Å². The van der Waals surface area contributed by atoms with E-state index in [0.29, 0.717) is 5.70 Å². The van der Waals surface area contributed by atoms with Gasteiger partial charge in [0.15, 0.2) is 0 Å². The van der Waals surface area contributed by atoms with Gasteiger partial charge in [0, 0.05) is 11.4 Å². The van der Waals surface area contributed by atoms with E-state index in [9.17, 15) is 0 Å². The smallest absolute Gasteiger partial charge is 0.0314 e. The lowest BCUT2D eigenvalue weighted by Gasteiger charge is -2.02. The molecule has 0 aliphatic heterocycles. The van der Waals surface area contributed by atoms with Crippen LogP contribution < -0.4 is 11.5 Å². The lowest BCUT2D eigenvalue weighted by atomic mass is 10.0. The highest BCUT2D eigenvalue weighted by Gasteiger charge is 1.94. The molecule has 0 saturated carbocycles. The van der Waals surface area contributed by atoms with Crippen molar-refractivity contribution in [3.05, 3.63) is 66.4 Å². The highest BCUT2D eigenvalue weighted by atomic mass is 14.5. The number of allylic oxidation sites excluding steroid dienone is 3. The lowest BCUT2D eigenvalue weighted by Crippen LogP contribution is -1.90. The Morgan fingerprint density at radius 1 is 1.12 bits per heavy atom. The van der Waals surface area contributed by atoms with Gasteiger partial charge in [0.25, 0.3) is 0 Å². The summed E-state index contributed by atoms with van der Waals surface area (Å²) in [5.74, 6) is 0. The minimum atomic E-state index is 0.560. The molecule has 0 aliphatic carbocycles. The topological polar surface area (TPSA) is 52.0 Å². The van der Waals surface area contributed by atoms with E-state index in [1.54, 1.807) is 6.08 Å². The second kappa shape index (κ2) is 6.59. The fourth-order valence-electron chi connectivity index (χ4n) is 1.51. The Bertz CT molecular complexity index is 413. The van der Waals surface area contributed by atoms with Crippen LogP contribution in [0.5, 0.6) is 0 Å². The van der Waals surface area contributed by atoms with Crippen LogP contribution in [0.25, 0.3) is 0 Å². The van der Waals surface area contributed by atoms with Crippen LogP contribution in [0.15, 0.2) is 60.8 Å². The molecule has 2 nitrogen and oxygen atoms in total. The molecule has 17 heavy (non-hydrogen) atoms. The summed E-state index contributed by atoms with van der Waals surface area (Å²) in [6.45, 7) is 7.57. The fourth-order valence-corrected chi connectivity index (χ4v) is 1.51. The molecule has 0 atom stereocenters. The van der Waals surface area contributed by atoms with Crippen molar-refractivity contribution in [2.75, 3.05) is 5.73 Å². The van der Waals surface area contributed by atoms with E-state index in [0.717, 1.165) is 30.5 Å². The van der Waals surface area contributed by atoms with Crippen molar-refractivity contribution >= 4 is 5.69 Å². The Kier molecular flexibility index (Phi) is 5.08. The predicted molar refractivity (Wildman–Crippen MR) is 75.4 cm³/mol. The Morgan fingerprint density at radius 2 is 1.76 bits per heavy atom. The minimum absolute atomic E-state index is 0.560. The first-order chi connectivity index (χ1) is 8.08. The summed E-state index contributed by atoms with van der Waals surface area (Å²) in [7, 11) is 0. The molecule has 0 saturated heterocycles. The summed E-state index contributed by atoms with van der Waals surface area (Å²) in [5, 5.41) is 0. The molecule has 0 spiro atoms. The maximum Gasteiger partial charge on any atom is 0.0314 e. The van der Waals surface area contributed by atoms with Crippen molar-refractivity contribution in [1.29, 1.82) is 0 Å². The Hall–Kier alpha value is -1.96. The highest BCUT2D eigenvalue weighted by Crippen LogP contribution is 2.12. The molecular weight excluding hydrogens is 208 g/mol. The second-order valence-corrected chi connectivity index (χ2v) is 4.16. The van der Waals surface area contributed by atoms with Crippen LogP contribution in [0, 0.1) is 0 Å². The Morgan fingerprint density at radius 3 is 2.35 bits per heavy atom. The third-order valence-electron chi connectivity index (χ3n) is 2.48. The highest BCUT2D eigenvalue weighted by molar-refractivity contribution is 5.39. The van der Waals surface area contributed by atoms with Gasteiger partial charge < -0.3 is 11.5 Å². The predicted octanol–water partition coefficient (Wildman–Crippen LogP) is 3.18. The van der Waals surface area contributed by atoms with E-state index in [-0.39, 0.29) is 0 Å². The first-order valence-electron chi connectivity index (χ1n) is 5.72. The zero-order valence-electron chi connectivity index (χ0n) is 10.2. The summed E-state index contributed by atoms with van der Waals surface area (Å²) in [6.07, 6.45) is 6.78. The average Bonchev–Trinajstić information content (AvgIpc) is 2.29. The lowest BCUT2D eigenvalue weighted by molar-refractivity contribution is 0.825. The van der Waals surface area contributed by atoms with Crippen molar-refractivity contribution < 1.29 is 0 Å². The maximum atomic E-state index is 5.63. The van der Waals surface area contributed by atoms with Gasteiger partial charge in [0.2, 0.25) is 0 Å². The monoisotopic (exact) mass is 228 g/mol. The third-order valence-corrected chi connectivity index (χ3v) is 2.48. The van der Waals surface area contributed by atoms with E-state index < -0.39 is 0 Å². The largest absolute Gasteiger partial charge is 0.399 e. The summed E-state index contributed by atoms with van der Waals surface area (Å²) in [4.78, 5) is 0. The molecule has 0 unspecified atom stereocenters. The summed E-state index contributed by atoms with van der Waals surface area (Å²) >= 11 is 0. The van der Waals surface area contributed by atoms with Gasteiger partial charge in [-0.1, -0.05) is 36.9 Å². The van der Waals surface area contributed by atoms with E-state index in [1.807, 2.05) is 18.2 Å². The number of hydrogen-bond acceptors (Lipinski definition) is 2. The minimum Gasteiger partial charge on any atom is -0.399 e. The molecule has 1 rings (SSSR count). The molecule has 0 radical (unpaired) electrons. The van der Waals surface area contributed by atoms with Crippen LogP contribution in [0.2, 0.25) is 0 Å². The molecule has 0 bridgehead atoms. The van der Waals surface area contributed by atoms with Crippen molar-refractivity contribution in [2.45, 2.75) is 19.3 Å². The van der Waals surface area contributed by atoms with Gasteiger partial charge >= 0.3 is 0 Å². The average molecular weight is 228 g/mol. The maximum absolute atomic E-state index is 5.63. The molecule has 2 heteroatoms. The zero-order valence-corrected chi connectivity index (χ0v) is 10.2. The number of benzene rings is 1.